The van der Waals surface area contributed by atoms with Crippen LogP contribution in [0.2, 0.25) is 0 Å². The average molecular weight is 240 g/mol. The molecule has 0 spiro atoms. The van der Waals surface area contributed by atoms with Gasteiger partial charge in [0.05, 0.1) is 6.20 Å². The molecular formula is C10H16N4OS. The van der Waals surface area contributed by atoms with Gasteiger partial charge in [-0.25, -0.2) is 0 Å². The number of anilines is 1. The molecule has 0 aliphatic heterocycles. The molecule has 88 valence electrons. The van der Waals surface area contributed by atoms with Crippen molar-refractivity contribution >= 4 is 22.4 Å². The molecule has 1 aromatic rings. The molecule has 0 atom stereocenters. The van der Waals surface area contributed by atoms with Crippen LogP contribution in [0.4, 0.5) is 5.00 Å². The van der Waals surface area contributed by atoms with Crippen molar-refractivity contribution in [2.24, 2.45) is 5.73 Å². The normalized spacial score (nSPS) is 19.3. The summed E-state index contributed by atoms with van der Waals surface area (Å²) in [7, 11) is 0. The van der Waals surface area contributed by atoms with Crippen LogP contribution in [-0.2, 0) is 4.79 Å². The minimum absolute atomic E-state index is 0.0320. The van der Waals surface area contributed by atoms with Crippen LogP contribution >= 0.6 is 11.5 Å². The van der Waals surface area contributed by atoms with Crippen molar-refractivity contribution in [3.05, 3.63) is 6.20 Å². The van der Waals surface area contributed by atoms with Gasteiger partial charge in [-0.1, -0.05) is 23.8 Å². The first kappa shape index (κ1) is 11.5. The minimum Gasteiger partial charge on any atom is -0.325 e. The molecule has 1 aromatic heterocycles. The summed E-state index contributed by atoms with van der Waals surface area (Å²) in [5.41, 5.74) is 5.90. The first-order valence-corrected chi connectivity index (χ1v) is 6.31. The molecule has 1 fully saturated rings. The predicted octanol–water partition coefficient (Wildman–Crippen LogP) is 1.53. The van der Waals surface area contributed by atoms with Crippen molar-refractivity contribution in [1.29, 1.82) is 0 Å². The summed E-state index contributed by atoms with van der Waals surface area (Å²) in [5, 5.41) is 7.12. The molecule has 1 saturated carbocycles. The van der Waals surface area contributed by atoms with E-state index in [0.717, 1.165) is 25.7 Å². The Bertz CT molecular complexity index is 346. The smallest absolute Gasteiger partial charge is 0.226 e. The van der Waals surface area contributed by atoms with E-state index in [1.165, 1.54) is 18.0 Å². The molecule has 0 unspecified atom stereocenters. The highest BCUT2D eigenvalue weighted by Crippen LogP contribution is 2.29. The highest BCUT2D eigenvalue weighted by Gasteiger charge is 2.30. The van der Waals surface area contributed by atoms with E-state index in [1.807, 2.05) is 0 Å². The zero-order valence-electron chi connectivity index (χ0n) is 9.11. The standard InChI is InChI=1S/C10H16N4OS/c11-10(4-2-1-3-5-10)6-8(15)13-9-7-12-14-16-9/h7H,1-6,11H2,(H,13,15). The molecule has 0 radical (unpaired) electrons. The number of aromatic nitrogens is 2. The van der Waals surface area contributed by atoms with Gasteiger partial charge in [0, 0.05) is 23.5 Å². The number of rotatable bonds is 3. The lowest BCUT2D eigenvalue weighted by molar-refractivity contribution is -0.117. The third kappa shape index (κ3) is 2.99. The quantitative estimate of drug-likeness (QED) is 0.839. The molecule has 0 bridgehead atoms. The molecule has 5 nitrogen and oxygen atoms in total. The molecule has 2 rings (SSSR count). The molecule has 6 heteroatoms. The number of nitrogens with zero attached hydrogens (tertiary/aromatic N) is 2. The lowest BCUT2D eigenvalue weighted by Crippen LogP contribution is -2.44. The Morgan fingerprint density at radius 2 is 2.25 bits per heavy atom. The average Bonchev–Trinajstić information content (AvgIpc) is 2.70. The van der Waals surface area contributed by atoms with Crippen LogP contribution in [-0.4, -0.2) is 21.0 Å². The second-order valence-corrected chi connectivity index (χ2v) is 5.22. The molecule has 16 heavy (non-hydrogen) atoms. The van der Waals surface area contributed by atoms with Crippen LogP contribution in [0.25, 0.3) is 0 Å². The summed E-state index contributed by atoms with van der Waals surface area (Å²) >= 11 is 1.18. The Kier molecular flexibility index (Phi) is 3.50. The van der Waals surface area contributed by atoms with E-state index in [9.17, 15) is 4.79 Å². The zero-order chi connectivity index (χ0) is 11.4. The van der Waals surface area contributed by atoms with Gasteiger partial charge in [0.1, 0.15) is 5.00 Å². The Balaban J connectivity index is 1.86. The van der Waals surface area contributed by atoms with Crippen LogP contribution < -0.4 is 11.1 Å². The maximum atomic E-state index is 11.7. The molecule has 3 N–H and O–H groups in total. The maximum absolute atomic E-state index is 11.7. The Morgan fingerprint density at radius 3 is 2.88 bits per heavy atom. The molecule has 1 aliphatic carbocycles. The lowest BCUT2D eigenvalue weighted by atomic mass is 9.80. The van der Waals surface area contributed by atoms with Crippen LogP contribution in [0.5, 0.6) is 0 Å². The molecule has 1 amide bonds. The van der Waals surface area contributed by atoms with Gasteiger partial charge in [0.25, 0.3) is 0 Å². The number of carbonyl (C=O) groups excluding carboxylic acids is 1. The summed E-state index contributed by atoms with van der Waals surface area (Å²) in [6.45, 7) is 0. The largest absolute Gasteiger partial charge is 0.325 e. The Morgan fingerprint density at radius 1 is 1.50 bits per heavy atom. The van der Waals surface area contributed by atoms with Crippen molar-refractivity contribution < 1.29 is 4.79 Å². The van der Waals surface area contributed by atoms with Crippen molar-refractivity contribution in [1.82, 2.24) is 9.59 Å². The van der Waals surface area contributed by atoms with Crippen LogP contribution in [0.15, 0.2) is 6.20 Å². The van der Waals surface area contributed by atoms with Crippen molar-refractivity contribution in [2.75, 3.05) is 5.32 Å². The van der Waals surface area contributed by atoms with E-state index in [-0.39, 0.29) is 11.4 Å². The molecular weight excluding hydrogens is 224 g/mol. The van der Waals surface area contributed by atoms with Gasteiger partial charge < -0.3 is 11.1 Å². The fourth-order valence-corrected chi connectivity index (χ4v) is 2.59. The first-order valence-electron chi connectivity index (χ1n) is 5.54. The third-order valence-corrected chi connectivity index (χ3v) is 3.57. The number of nitrogens with two attached hydrogens (primary N) is 1. The van der Waals surface area contributed by atoms with Crippen LogP contribution in [0.3, 0.4) is 0 Å². The highest BCUT2D eigenvalue weighted by atomic mass is 32.1. The van der Waals surface area contributed by atoms with Crippen LogP contribution in [0, 0.1) is 0 Å². The van der Waals surface area contributed by atoms with Gasteiger partial charge in [0.15, 0.2) is 0 Å². The number of carbonyl (C=O) groups is 1. The molecule has 1 aliphatic rings. The van der Waals surface area contributed by atoms with E-state index in [1.54, 1.807) is 6.20 Å². The summed E-state index contributed by atoms with van der Waals surface area (Å²) in [4.78, 5) is 11.7. The van der Waals surface area contributed by atoms with E-state index in [4.69, 9.17) is 5.73 Å². The number of amides is 1. The van der Waals surface area contributed by atoms with E-state index < -0.39 is 0 Å². The summed E-state index contributed by atoms with van der Waals surface area (Å²) < 4.78 is 3.69. The first-order chi connectivity index (χ1) is 7.68. The fourth-order valence-electron chi connectivity index (χ4n) is 2.16. The number of hydrogen-bond acceptors (Lipinski definition) is 5. The van der Waals surface area contributed by atoms with E-state index in [0.29, 0.717) is 11.4 Å². The van der Waals surface area contributed by atoms with Gasteiger partial charge in [-0.15, -0.1) is 5.10 Å². The monoisotopic (exact) mass is 240 g/mol. The van der Waals surface area contributed by atoms with Crippen molar-refractivity contribution in [3.8, 4) is 0 Å². The van der Waals surface area contributed by atoms with Gasteiger partial charge in [-0.2, -0.15) is 0 Å². The van der Waals surface area contributed by atoms with Gasteiger partial charge in [-0.05, 0) is 12.8 Å². The molecule has 1 heterocycles. The highest BCUT2D eigenvalue weighted by molar-refractivity contribution is 7.10. The summed E-state index contributed by atoms with van der Waals surface area (Å²) in [6.07, 6.45) is 7.33. The van der Waals surface area contributed by atoms with Gasteiger partial charge in [-0.3, -0.25) is 4.79 Å². The number of nitrogens with one attached hydrogen (secondary N) is 1. The fraction of sp³-hybridized carbons (Fsp3) is 0.700. The zero-order valence-corrected chi connectivity index (χ0v) is 9.92. The minimum atomic E-state index is -0.305. The third-order valence-electron chi connectivity index (χ3n) is 2.99. The molecule has 0 aromatic carbocycles. The Hall–Kier alpha value is -1.01. The van der Waals surface area contributed by atoms with Crippen LogP contribution in [0.1, 0.15) is 38.5 Å². The lowest BCUT2D eigenvalue weighted by Gasteiger charge is -2.32. The number of hydrogen-bond donors (Lipinski definition) is 2. The van der Waals surface area contributed by atoms with E-state index in [2.05, 4.69) is 14.9 Å². The SMILES string of the molecule is NC1(CC(=O)Nc2cnns2)CCCCC1. The van der Waals surface area contributed by atoms with Crippen molar-refractivity contribution in [3.63, 3.8) is 0 Å². The Labute approximate surface area is 98.6 Å². The van der Waals surface area contributed by atoms with Gasteiger partial charge >= 0.3 is 0 Å². The maximum Gasteiger partial charge on any atom is 0.226 e. The molecule has 0 saturated heterocycles. The second-order valence-electron chi connectivity index (χ2n) is 4.43. The predicted molar refractivity (Wildman–Crippen MR) is 63.2 cm³/mol. The topological polar surface area (TPSA) is 80.9 Å². The second kappa shape index (κ2) is 4.88. The summed E-state index contributed by atoms with van der Waals surface area (Å²) in [5.74, 6) is -0.0320. The van der Waals surface area contributed by atoms with E-state index >= 15 is 0 Å². The van der Waals surface area contributed by atoms with Crippen molar-refractivity contribution in [2.45, 2.75) is 44.1 Å². The summed E-state index contributed by atoms with van der Waals surface area (Å²) in [6, 6.07) is 0. The van der Waals surface area contributed by atoms with Gasteiger partial charge in [0.2, 0.25) is 5.91 Å².